The van der Waals surface area contributed by atoms with Gasteiger partial charge in [-0.25, -0.2) is 0 Å². The molecule has 0 amide bonds. The van der Waals surface area contributed by atoms with Crippen molar-refractivity contribution in [3.63, 3.8) is 0 Å². The third kappa shape index (κ3) is 1.92. The van der Waals surface area contributed by atoms with Crippen LogP contribution in [0.2, 0.25) is 0 Å². The lowest BCUT2D eigenvalue weighted by Gasteiger charge is -2.27. The van der Waals surface area contributed by atoms with E-state index in [-0.39, 0.29) is 3.42 Å². The van der Waals surface area contributed by atoms with Gasteiger partial charge in [-0.15, -0.1) is 0 Å². The second kappa shape index (κ2) is 3.89. The zero-order valence-corrected chi connectivity index (χ0v) is 10.4. The van der Waals surface area contributed by atoms with Crippen LogP contribution in [0.5, 0.6) is 0 Å². The molecule has 1 atom stereocenters. The van der Waals surface area contributed by atoms with Crippen molar-refractivity contribution < 1.29 is 0 Å². The van der Waals surface area contributed by atoms with Crippen LogP contribution in [0.4, 0.5) is 0 Å². The van der Waals surface area contributed by atoms with Crippen molar-refractivity contribution >= 4 is 28.2 Å². The minimum Gasteiger partial charge on any atom is -0.0829 e. The summed E-state index contributed by atoms with van der Waals surface area (Å²) in [6.45, 7) is 2.29. The SMILES string of the molecule is C[C@@]1(I)CC=CC=C1c1ccccc1. The van der Waals surface area contributed by atoms with Crippen molar-refractivity contribution in [2.45, 2.75) is 16.8 Å². The number of allylic oxidation sites excluding steroid dienone is 4. The molecule has 72 valence electrons. The largest absolute Gasteiger partial charge is 0.0829 e. The van der Waals surface area contributed by atoms with Crippen molar-refractivity contribution in [1.82, 2.24) is 0 Å². The number of benzene rings is 1. The fourth-order valence-corrected chi connectivity index (χ4v) is 2.50. The highest BCUT2D eigenvalue weighted by Gasteiger charge is 2.26. The predicted molar refractivity (Wildman–Crippen MR) is 70.6 cm³/mol. The average molecular weight is 296 g/mol. The Bertz CT molecular complexity index is 371. The van der Waals surface area contributed by atoms with Crippen LogP contribution in [0, 0.1) is 0 Å². The van der Waals surface area contributed by atoms with Gasteiger partial charge in [-0.1, -0.05) is 71.2 Å². The van der Waals surface area contributed by atoms with E-state index in [9.17, 15) is 0 Å². The quantitative estimate of drug-likeness (QED) is 0.537. The fourth-order valence-electron chi connectivity index (χ4n) is 1.75. The minimum absolute atomic E-state index is 0.244. The zero-order valence-electron chi connectivity index (χ0n) is 8.20. The fraction of sp³-hybridized carbons (Fsp3) is 0.231. The molecule has 0 saturated heterocycles. The Kier molecular flexibility index (Phi) is 2.77. The maximum atomic E-state index is 2.54. The first kappa shape index (κ1) is 9.97. The molecular weight excluding hydrogens is 283 g/mol. The van der Waals surface area contributed by atoms with E-state index in [2.05, 4.69) is 78.1 Å². The lowest BCUT2D eigenvalue weighted by Crippen LogP contribution is -2.18. The molecule has 0 aliphatic heterocycles. The number of halogens is 1. The summed E-state index contributed by atoms with van der Waals surface area (Å²) in [7, 11) is 0. The molecule has 0 aromatic heterocycles. The standard InChI is InChI=1S/C13H13I/c1-13(14)10-6-5-9-12(13)11-7-3-2-4-8-11/h2-9H,10H2,1H3/t13-/m1/s1. The molecule has 0 nitrogen and oxygen atoms in total. The van der Waals surface area contributed by atoms with Crippen LogP contribution in [-0.4, -0.2) is 3.42 Å². The zero-order chi connectivity index (χ0) is 10.0. The average Bonchev–Trinajstić information content (AvgIpc) is 2.18. The van der Waals surface area contributed by atoms with Crippen LogP contribution >= 0.6 is 22.6 Å². The van der Waals surface area contributed by atoms with E-state index in [4.69, 9.17) is 0 Å². The summed E-state index contributed by atoms with van der Waals surface area (Å²) in [6, 6.07) is 10.6. The molecule has 0 bridgehead atoms. The van der Waals surface area contributed by atoms with E-state index >= 15 is 0 Å². The van der Waals surface area contributed by atoms with Gasteiger partial charge in [0.1, 0.15) is 0 Å². The lowest BCUT2D eigenvalue weighted by atomic mass is 9.88. The highest BCUT2D eigenvalue weighted by atomic mass is 127. The van der Waals surface area contributed by atoms with E-state index in [0.29, 0.717) is 0 Å². The number of alkyl halides is 1. The Balaban J connectivity index is 2.43. The summed E-state index contributed by atoms with van der Waals surface area (Å²) >= 11 is 2.54. The molecule has 0 radical (unpaired) electrons. The molecule has 1 aliphatic carbocycles. The monoisotopic (exact) mass is 296 g/mol. The van der Waals surface area contributed by atoms with E-state index in [1.807, 2.05) is 0 Å². The van der Waals surface area contributed by atoms with Crippen molar-refractivity contribution in [3.05, 3.63) is 54.1 Å². The van der Waals surface area contributed by atoms with Crippen LogP contribution in [-0.2, 0) is 0 Å². The van der Waals surface area contributed by atoms with Gasteiger partial charge in [-0.05, 0) is 24.5 Å². The topological polar surface area (TPSA) is 0 Å². The van der Waals surface area contributed by atoms with E-state index in [1.165, 1.54) is 11.1 Å². The Morgan fingerprint density at radius 2 is 1.93 bits per heavy atom. The highest BCUT2D eigenvalue weighted by molar-refractivity contribution is 14.1. The van der Waals surface area contributed by atoms with Gasteiger partial charge in [0.15, 0.2) is 0 Å². The molecule has 1 heteroatoms. The maximum absolute atomic E-state index is 2.54. The molecule has 1 aromatic rings. The smallest absolute Gasteiger partial charge is 0.0482 e. The van der Waals surface area contributed by atoms with Crippen molar-refractivity contribution in [2.24, 2.45) is 0 Å². The van der Waals surface area contributed by atoms with Crippen LogP contribution in [0.3, 0.4) is 0 Å². The van der Waals surface area contributed by atoms with Crippen LogP contribution in [0.15, 0.2) is 48.6 Å². The van der Waals surface area contributed by atoms with Gasteiger partial charge in [0.25, 0.3) is 0 Å². The van der Waals surface area contributed by atoms with Gasteiger partial charge in [0.2, 0.25) is 0 Å². The van der Waals surface area contributed by atoms with Gasteiger partial charge in [0, 0.05) is 3.42 Å². The molecule has 1 aliphatic rings. The summed E-state index contributed by atoms with van der Waals surface area (Å²) in [5, 5.41) is 0. The van der Waals surface area contributed by atoms with Crippen LogP contribution in [0.1, 0.15) is 18.9 Å². The van der Waals surface area contributed by atoms with Crippen molar-refractivity contribution in [1.29, 1.82) is 0 Å². The number of hydrogen-bond acceptors (Lipinski definition) is 0. The molecule has 14 heavy (non-hydrogen) atoms. The summed E-state index contributed by atoms with van der Waals surface area (Å²) in [5.74, 6) is 0. The first-order chi connectivity index (χ1) is 6.70. The van der Waals surface area contributed by atoms with Crippen molar-refractivity contribution in [2.75, 3.05) is 0 Å². The molecule has 0 N–H and O–H groups in total. The molecule has 0 saturated carbocycles. The Morgan fingerprint density at radius 1 is 1.21 bits per heavy atom. The number of hydrogen-bond donors (Lipinski definition) is 0. The Hall–Kier alpha value is -0.570. The van der Waals surface area contributed by atoms with Gasteiger partial charge < -0.3 is 0 Å². The molecular formula is C13H13I. The summed E-state index contributed by atoms with van der Waals surface area (Å²) in [6.07, 6.45) is 7.74. The van der Waals surface area contributed by atoms with E-state index in [1.54, 1.807) is 0 Å². The van der Waals surface area contributed by atoms with Gasteiger partial charge in [-0.2, -0.15) is 0 Å². The van der Waals surface area contributed by atoms with E-state index in [0.717, 1.165) is 6.42 Å². The van der Waals surface area contributed by atoms with Gasteiger partial charge in [0.05, 0.1) is 0 Å². The Labute approximate surface area is 98.9 Å². The normalized spacial score (nSPS) is 26.0. The summed E-state index contributed by atoms with van der Waals surface area (Å²) in [5.41, 5.74) is 2.77. The third-order valence-corrected chi connectivity index (χ3v) is 3.57. The first-order valence-corrected chi connectivity index (χ1v) is 5.90. The second-order valence-electron chi connectivity index (χ2n) is 3.78. The lowest BCUT2D eigenvalue weighted by molar-refractivity contribution is 0.856. The van der Waals surface area contributed by atoms with Crippen LogP contribution < -0.4 is 0 Å². The second-order valence-corrected chi connectivity index (χ2v) is 6.16. The third-order valence-electron chi connectivity index (χ3n) is 2.55. The molecule has 0 fully saturated rings. The summed E-state index contributed by atoms with van der Waals surface area (Å²) < 4.78 is 0.244. The molecule has 0 spiro atoms. The molecule has 0 heterocycles. The number of rotatable bonds is 1. The maximum Gasteiger partial charge on any atom is 0.0482 e. The predicted octanol–water partition coefficient (Wildman–Crippen LogP) is 4.22. The molecule has 1 aromatic carbocycles. The van der Waals surface area contributed by atoms with Crippen LogP contribution in [0.25, 0.3) is 5.57 Å². The van der Waals surface area contributed by atoms with Crippen molar-refractivity contribution in [3.8, 4) is 0 Å². The molecule has 2 rings (SSSR count). The Morgan fingerprint density at radius 3 is 2.57 bits per heavy atom. The highest BCUT2D eigenvalue weighted by Crippen LogP contribution is 2.40. The van der Waals surface area contributed by atoms with Gasteiger partial charge >= 0.3 is 0 Å². The van der Waals surface area contributed by atoms with E-state index < -0.39 is 0 Å². The first-order valence-electron chi connectivity index (χ1n) is 4.82. The molecule has 0 unspecified atom stereocenters. The van der Waals surface area contributed by atoms with Gasteiger partial charge in [-0.3, -0.25) is 0 Å². The minimum atomic E-state index is 0.244. The summed E-state index contributed by atoms with van der Waals surface area (Å²) in [4.78, 5) is 0.